The molecule has 1 atom stereocenters. The number of aliphatic hydroxyl groups is 1. The second-order valence-electron chi connectivity index (χ2n) is 5.46. The molecule has 4 heteroatoms. The molecule has 1 aromatic heterocycles. The zero-order valence-electron chi connectivity index (χ0n) is 10.8. The van der Waals surface area contributed by atoms with E-state index in [4.69, 9.17) is 4.42 Å². The van der Waals surface area contributed by atoms with Gasteiger partial charge in [-0.3, -0.25) is 4.79 Å². The highest BCUT2D eigenvalue weighted by atomic mass is 16.3. The van der Waals surface area contributed by atoms with Gasteiger partial charge in [-0.1, -0.05) is 18.2 Å². The van der Waals surface area contributed by atoms with Crippen LogP contribution >= 0.6 is 0 Å². The Morgan fingerprint density at radius 3 is 2.89 bits per heavy atom. The monoisotopic (exact) mass is 259 g/mol. The molecule has 3 rings (SSSR count). The molecular weight excluding hydrogens is 242 g/mol. The van der Waals surface area contributed by atoms with Crippen LogP contribution in [0.25, 0.3) is 11.0 Å². The average molecular weight is 259 g/mol. The molecule has 1 saturated carbocycles. The van der Waals surface area contributed by atoms with Crippen LogP contribution in [0.2, 0.25) is 0 Å². The summed E-state index contributed by atoms with van der Waals surface area (Å²) in [6, 6.07) is 9.21. The molecule has 0 saturated heterocycles. The third-order valence-electron chi connectivity index (χ3n) is 3.71. The number of benzene rings is 1. The fraction of sp³-hybridized carbons (Fsp3) is 0.400. The van der Waals surface area contributed by atoms with Crippen LogP contribution in [0.15, 0.2) is 34.7 Å². The zero-order valence-corrected chi connectivity index (χ0v) is 10.8. The van der Waals surface area contributed by atoms with Crippen molar-refractivity contribution in [2.45, 2.75) is 25.4 Å². The predicted molar refractivity (Wildman–Crippen MR) is 71.9 cm³/mol. The van der Waals surface area contributed by atoms with Crippen LogP contribution in [0.3, 0.4) is 0 Å². The fourth-order valence-electron chi connectivity index (χ4n) is 2.29. The van der Waals surface area contributed by atoms with Crippen molar-refractivity contribution in [3.05, 3.63) is 36.1 Å². The molecule has 0 aliphatic heterocycles. The summed E-state index contributed by atoms with van der Waals surface area (Å²) < 4.78 is 5.48. The van der Waals surface area contributed by atoms with Gasteiger partial charge in [-0.2, -0.15) is 0 Å². The highest BCUT2D eigenvalue weighted by Crippen LogP contribution is 2.39. The Kier molecular flexibility index (Phi) is 2.82. The highest BCUT2D eigenvalue weighted by molar-refractivity contribution is 5.96. The third-order valence-corrected chi connectivity index (χ3v) is 3.71. The Morgan fingerprint density at radius 2 is 2.21 bits per heavy atom. The number of carbonyl (C=O) groups excluding carboxylic acids is 1. The summed E-state index contributed by atoms with van der Waals surface area (Å²) in [5.74, 6) is 0.313. The number of para-hydroxylation sites is 1. The van der Waals surface area contributed by atoms with Gasteiger partial charge in [0, 0.05) is 11.9 Å². The van der Waals surface area contributed by atoms with Gasteiger partial charge in [-0.15, -0.1) is 0 Å². The van der Waals surface area contributed by atoms with Crippen molar-refractivity contribution in [1.29, 1.82) is 0 Å². The van der Waals surface area contributed by atoms with Gasteiger partial charge in [0.25, 0.3) is 5.91 Å². The Balaban J connectivity index is 1.69. The van der Waals surface area contributed by atoms with Crippen LogP contribution in [0, 0.1) is 5.92 Å². The highest BCUT2D eigenvalue weighted by Gasteiger charge is 2.40. The molecular formula is C15H17NO3. The van der Waals surface area contributed by atoms with E-state index in [1.165, 1.54) is 0 Å². The molecule has 1 unspecified atom stereocenters. The number of fused-ring (bicyclic) bond motifs is 1. The van der Waals surface area contributed by atoms with Crippen LogP contribution in [0.1, 0.15) is 30.3 Å². The fourth-order valence-corrected chi connectivity index (χ4v) is 2.29. The number of furan rings is 1. The van der Waals surface area contributed by atoms with E-state index in [0.29, 0.717) is 11.5 Å². The zero-order chi connectivity index (χ0) is 13.5. The van der Waals surface area contributed by atoms with E-state index < -0.39 is 5.60 Å². The quantitative estimate of drug-likeness (QED) is 0.885. The summed E-state index contributed by atoms with van der Waals surface area (Å²) in [4.78, 5) is 12.0. The molecule has 1 aliphatic rings. The lowest BCUT2D eigenvalue weighted by Crippen LogP contribution is -2.42. The minimum Gasteiger partial charge on any atom is -0.451 e. The molecule has 1 heterocycles. The van der Waals surface area contributed by atoms with E-state index >= 15 is 0 Å². The lowest BCUT2D eigenvalue weighted by Gasteiger charge is -2.22. The second-order valence-corrected chi connectivity index (χ2v) is 5.46. The molecule has 0 bridgehead atoms. The Morgan fingerprint density at radius 1 is 1.47 bits per heavy atom. The van der Waals surface area contributed by atoms with Crippen molar-refractivity contribution in [3.8, 4) is 0 Å². The van der Waals surface area contributed by atoms with E-state index in [2.05, 4.69) is 5.32 Å². The molecule has 0 radical (unpaired) electrons. The lowest BCUT2D eigenvalue weighted by molar-refractivity contribution is 0.0350. The van der Waals surface area contributed by atoms with E-state index in [0.717, 1.165) is 18.2 Å². The van der Waals surface area contributed by atoms with Gasteiger partial charge < -0.3 is 14.8 Å². The number of hydrogen-bond acceptors (Lipinski definition) is 3. The average Bonchev–Trinajstić information content (AvgIpc) is 3.16. The van der Waals surface area contributed by atoms with E-state index in [1.54, 1.807) is 13.0 Å². The van der Waals surface area contributed by atoms with Gasteiger partial charge in [0.15, 0.2) is 5.76 Å². The largest absolute Gasteiger partial charge is 0.451 e. The maximum absolute atomic E-state index is 12.0. The molecule has 2 N–H and O–H groups in total. The van der Waals surface area contributed by atoms with Gasteiger partial charge in [-0.05, 0) is 37.8 Å². The van der Waals surface area contributed by atoms with E-state index in [-0.39, 0.29) is 18.2 Å². The predicted octanol–water partition coefficient (Wildman–Crippen LogP) is 2.32. The molecule has 4 nitrogen and oxygen atoms in total. The van der Waals surface area contributed by atoms with Gasteiger partial charge in [-0.25, -0.2) is 0 Å². The summed E-state index contributed by atoms with van der Waals surface area (Å²) in [5, 5.41) is 13.8. The van der Waals surface area contributed by atoms with Crippen LogP contribution in [0.5, 0.6) is 0 Å². The minimum atomic E-state index is -0.818. The first-order valence-electron chi connectivity index (χ1n) is 6.55. The van der Waals surface area contributed by atoms with E-state index in [1.807, 2.05) is 24.3 Å². The van der Waals surface area contributed by atoms with Crippen molar-refractivity contribution >= 4 is 16.9 Å². The van der Waals surface area contributed by atoms with Crippen LogP contribution in [-0.4, -0.2) is 23.2 Å². The number of nitrogens with one attached hydrogen (secondary N) is 1. The molecule has 100 valence electrons. The number of amides is 1. The van der Waals surface area contributed by atoms with Crippen molar-refractivity contribution in [2.75, 3.05) is 6.54 Å². The number of rotatable bonds is 4. The summed E-state index contributed by atoms with van der Waals surface area (Å²) in [6.45, 7) is 2.02. The normalized spacial score (nSPS) is 18.2. The molecule has 1 aliphatic carbocycles. The molecule has 1 fully saturated rings. The topological polar surface area (TPSA) is 62.5 Å². The standard InChI is InChI=1S/C15H17NO3/c1-15(18,11-6-7-11)9-16-14(17)13-8-10-4-2-3-5-12(10)19-13/h2-5,8,11,18H,6-7,9H2,1H3,(H,16,17). The lowest BCUT2D eigenvalue weighted by atomic mass is 10.0. The Bertz CT molecular complexity index is 578. The molecule has 0 spiro atoms. The van der Waals surface area contributed by atoms with Gasteiger partial charge in [0.2, 0.25) is 0 Å². The number of hydrogen-bond donors (Lipinski definition) is 2. The van der Waals surface area contributed by atoms with Crippen molar-refractivity contribution in [1.82, 2.24) is 5.32 Å². The maximum Gasteiger partial charge on any atom is 0.287 e. The summed E-state index contributed by atoms with van der Waals surface area (Å²) >= 11 is 0. The maximum atomic E-state index is 12.0. The summed E-state index contributed by atoms with van der Waals surface area (Å²) in [5.41, 5.74) is -0.122. The van der Waals surface area contributed by atoms with Crippen molar-refractivity contribution < 1.29 is 14.3 Å². The number of carbonyl (C=O) groups is 1. The third kappa shape index (κ3) is 2.49. The smallest absolute Gasteiger partial charge is 0.287 e. The first-order chi connectivity index (χ1) is 9.06. The summed E-state index contributed by atoms with van der Waals surface area (Å²) in [6.07, 6.45) is 2.07. The Labute approximate surface area is 111 Å². The van der Waals surface area contributed by atoms with Crippen molar-refractivity contribution in [2.24, 2.45) is 5.92 Å². The first kappa shape index (κ1) is 12.2. The molecule has 19 heavy (non-hydrogen) atoms. The van der Waals surface area contributed by atoms with Crippen LogP contribution < -0.4 is 5.32 Å². The van der Waals surface area contributed by atoms with Crippen LogP contribution in [0.4, 0.5) is 0 Å². The first-order valence-corrected chi connectivity index (χ1v) is 6.55. The van der Waals surface area contributed by atoms with Crippen LogP contribution in [-0.2, 0) is 0 Å². The van der Waals surface area contributed by atoms with Crippen molar-refractivity contribution in [3.63, 3.8) is 0 Å². The van der Waals surface area contributed by atoms with Gasteiger partial charge >= 0.3 is 0 Å². The van der Waals surface area contributed by atoms with Gasteiger partial charge in [0.05, 0.1) is 5.60 Å². The molecule has 1 aromatic carbocycles. The minimum absolute atomic E-state index is 0.257. The van der Waals surface area contributed by atoms with E-state index in [9.17, 15) is 9.90 Å². The Hall–Kier alpha value is -1.81. The SMILES string of the molecule is CC(O)(CNC(=O)c1cc2ccccc2o1)C1CC1. The summed E-state index contributed by atoms with van der Waals surface area (Å²) in [7, 11) is 0. The molecule has 1 amide bonds. The second kappa shape index (κ2) is 4.38. The molecule has 2 aromatic rings. The van der Waals surface area contributed by atoms with Gasteiger partial charge in [0.1, 0.15) is 5.58 Å².